The zero-order chi connectivity index (χ0) is 7.65. The lowest BCUT2D eigenvalue weighted by Crippen LogP contribution is -2.17. The van der Waals surface area contributed by atoms with Crippen LogP contribution in [0.1, 0.15) is 16.6 Å². The van der Waals surface area contributed by atoms with Crippen molar-refractivity contribution in [3.05, 3.63) is 0 Å². The molecule has 0 bridgehead atoms. The van der Waals surface area contributed by atoms with Crippen LogP contribution < -0.4 is 0 Å². The Morgan fingerprint density at radius 1 is 1.57 bits per heavy atom. The Bertz CT molecular complexity index is 79.1. The molecule has 1 nitrogen and oxygen atoms in total. The van der Waals surface area contributed by atoms with Gasteiger partial charge in [-0.15, -0.1) is 0 Å². The van der Waals surface area contributed by atoms with Gasteiger partial charge in [-0.2, -0.15) is 0 Å². The summed E-state index contributed by atoms with van der Waals surface area (Å²) in [7, 11) is 3.50. The second kappa shape index (κ2) is 3.03. The third-order valence-corrected chi connectivity index (χ3v) is 0.516. The minimum absolute atomic E-state index is 0.0486. The Morgan fingerprint density at radius 3 is 2.00 bits per heavy atom. The van der Waals surface area contributed by atoms with Crippen LogP contribution in [0.4, 0.5) is 0 Å². The van der Waals surface area contributed by atoms with E-state index in [0.717, 1.165) is 0 Å². The molecule has 0 fully saturated rings. The van der Waals surface area contributed by atoms with E-state index < -0.39 is 6.50 Å². The van der Waals surface area contributed by atoms with Crippen molar-refractivity contribution in [1.29, 1.82) is 0 Å². The molecule has 0 radical (unpaired) electrons. The van der Waals surface area contributed by atoms with Crippen molar-refractivity contribution in [1.82, 2.24) is 4.90 Å². The van der Waals surface area contributed by atoms with Crippen LogP contribution in [0.3, 0.4) is 0 Å². The van der Waals surface area contributed by atoms with Crippen LogP contribution in [0.2, 0.25) is 0 Å². The van der Waals surface area contributed by atoms with Gasteiger partial charge in [0, 0.05) is 2.74 Å². The standard InChI is InChI=1S/C6H15N/c1-6(2)5-7(3)4/h6H,5H2,1-4H3/i5T2. The number of rotatable bonds is 2. The average molecular weight is 105 g/mol. The van der Waals surface area contributed by atoms with Gasteiger partial charge in [0.05, 0.1) is 0 Å². The molecule has 0 aromatic rings. The molecule has 0 aromatic heterocycles. The molecule has 0 unspecified atom stereocenters. The van der Waals surface area contributed by atoms with E-state index in [1.165, 1.54) is 0 Å². The first-order chi connectivity index (χ1) is 3.89. The number of hydrogen-bond acceptors (Lipinski definition) is 1. The van der Waals surface area contributed by atoms with Gasteiger partial charge in [0.1, 0.15) is 0 Å². The van der Waals surface area contributed by atoms with E-state index in [-0.39, 0.29) is 5.92 Å². The second-order valence-corrected chi connectivity index (χ2v) is 2.18. The molecule has 44 valence electrons. The van der Waals surface area contributed by atoms with Gasteiger partial charge < -0.3 is 4.90 Å². The Kier molecular flexibility index (Phi) is 1.69. The third-order valence-electron chi connectivity index (χ3n) is 0.516. The van der Waals surface area contributed by atoms with Crippen LogP contribution in [-0.4, -0.2) is 25.5 Å². The molecule has 0 rings (SSSR count). The van der Waals surface area contributed by atoms with Gasteiger partial charge in [-0.05, 0) is 26.5 Å². The Balaban J connectivity index is 4.01. The van der Waals surface area contributed by atoms with Gasteiger partial charge in [-0.3, -0.25) is 0 Å². The van der Waals surface area contributed by atoms with Crippen molar-refractivity contribution in [2.75, 3.05) is 20.6 Å². The molecular weight excluding hydrogens is 86.1 g/mol. The van der Waals surface area contributed by atoms with Crippen molar-refractivity contribution in [3.63, 3.8) is 0 Å². The zero-order valence-corrected chi connectivity index (χ0v) is 5.52. The highest BCUT2D eigenvalue weighted by Gasteiger charge is 1.92. The Labute approximate surface area is 49.1 Å². The predicted molar refractivity (Wildman–Crippen MR) is 33.4 cm³/mol. The number of hydrogen-bond donors (Lipinski definition) is 0. The molecule has 0 saturated heterocycles. The van der Waals surface area contributed by atoms with Crippen LogP contribution in [0.25, 0.3) is 0 Å². The minimum Gasteiger partial charge on any atom is -0.309 e. The van der Waals surface area contributed by atoms with Gasteiger partial charge in [0.25, 0.3) is 0 Å². The summed E-state index contributed by atoms with van der Waals surface area (Å²) < 4.78 is 14.9. The maximum Gasteiger partial charge on any atom is 0.0433 e. The van der Waals surface area contributed by atoms with Crippen molar-refractivity contribution in [2.45, 2.75) is 13.8 Å². The molecule has 0 aliphatic carbocycles. The van der Waals surface area contributed by atoms with Crippen LogP contribution in [0.15, 0.2) is 0 Å². The molecule has 0 spiro atoms. The van der Waals surface area contributed by atoms with Crippen LogP contribution in [0.5, 0.6) is 0 Å². The summed E-state index contributed by atoms with van der Waals surface area (Å²) in [6, 6.07) is 0. The van der Waals surface area contributed by atoms with Gasteiger partial charge >= 0.3 is 0 Å². The monoisotopic (exact) mass is 105 g/mol. The Morgan fingerprint density at radius 2 is 2.00 bits per heavy atom. The average Bonchev–Trinajstić information content (AvgIpc) is 1.65. The fraction of sp³-hybridized carbons (Fsp3) is 1.00. The largest absolute Gasteiger partial charge is 0.309 e. The predicted octanol–water partition coefficient (Wildman–Crippen LogP) is 1.20. The Hall–Kier alpha value is -0.0400. The van der Waals surface area contributed by atoms with E-state index in [1.54, 1.807) is 19.0 Å². The lowest BCUT2D eigenvalue weighted by molar-refractivity contribution is 0.354. The molecule has 1 heteroatoms. The maximum atomic E-state index is 7.43. The van der Waals surface area contributed by atoms with Crippen molar-refractivity contribution in [3.8, 4) is 0 Å². The van der Waals surface area contributed by atoms with Gasteiger partial charge in [0.15, 0.2) is 0 Å². The van der Waals surface area contributed by atoms with E-state index >= 15 is 0 Å². The first-order valence-corrected chi connectivity index (χ1v) is 2.56. The maximum absolute atomic E-state index is 7.43. The highest BCUT2D eigenvalue weighted by molar-refractivity contribution is 4.46. The molecule has 0 aliphatic rings. The minimum atomic E-state index is -1.17. The quantitative estimate of drug-likeness (QED) is 0.510. The van der Waals surface area contributed by atoms with Crippen molar-refractivity contribution < 1.29 is 2.74 Å². The fourth-order valence-electron chi connectivity index (χ4n) is 0.516. The van der Waals surface area contributed by atoms with E-state index in [9.17, 15) is 0 Å². The van der Waals surface area contributed by atoms with E-state index in [0.29, 0.717) is 0 Å². The van der Waals surface area contributed by atoms with Crippen LogP contribution in [0, 0.1) is 5.92 Å². The molecule has 0 atom stereocenters. The summed E-state index contributed by atoms with van der Waals surface area (Å²) in [4.78, 5) is 1.59. The molecule has 0 aromatic carbocycles. The highest BCUT2D eigenvalue weighted by atomic mass is 15.0. The second-order valence-electron chi connectivity index (χ2n) is 2.18. The normalized spacial score (nSPS) is 17.4. The topological polar surface area (TPSA) is 3.24 Å². The summed E-state index contributed by atoms with van der Waals surface area (Å²) in [6.07, 6.45) is 0. The molecule has 0 saturated carbocycles. The molecule has 0 heterocycles. The lowest BCUT2D eigenvalue weighted by atomic mass is 10.2. The van der Waals surface area contributed by atoms with E-state index in [4.69, 9.17) is 2.74 Å². The smallest absolute Gasteiger partial charge is 0.0433 e. The van der Waals surface area contributed by atoms with Crippen LogP contribution in [-0.2, 0) is 0 Å². The van der Waals surface area contributed by atoms with Crippen LogP contribution >= 0.6 is 0 Å². The molecule has 7 heavy (non-hydrogen) atoms. The van der Waals surface area contributed by atoms with Crippen molar-refractivity contribution >= 4 is 0 Å². The third kappa shape index (κ3) is 5.96. The van der Waals surface area contributed by atoms with Crippen molar-refractivity contribution in [2.24, 2.45) is 5.92 Å². The summed E-state index contributed by atoms with van der Waals surface area (Å²) in [5, 5.41) is 0. The molecule has 0 N–H and O–H groups in total. The number of nitrogens with zero attached hydrogens (tertiary/aromatic N) is 1. The lowest BCUT2D eigenvalue weighted by Gasteiger charge is -2.10. The first kappa shape index (κ1) is 3.90. The van der Waals surface area contributed by atoms with E-state index in [2.05, 4.69) is 0 Å². The molecule has 0 aliphatic heterocycles. The van der Waals surface area contributed by atoms with Gasteiger partial charge in [0.2, 0.25) is 0 Å². The highest BCUT2D eigenvalue weighted by Crippen LogP contribution is 1.90. The first-order valence-electron chi connectivity index (χ1n) is 3.56. The fourth-order valence-corrected chi connectivity index (χ4v) is 0.516. The molecule has 0 amide bonds. The zero-order valence-electron chi connectivity index (χ0n) is 7.52. The summed E-state index contributed by atoms with van der Waals surface area (Å²) in [5.41, 5.74) is 0. The molecular formula is C6H15N. The summed E-state index contributed by atoms with van der Waals surface area (Å²) in [6.45, 7) is 2.58. The summed E-state index contributed by atoms with van der Waals surface area (Å²) in [5.74, 6) is 0.0486. The van der Waals surface area contributed by atoms with Gasteiger partial charge in [-0.1, -0.05) is 13.8 Å². The SMILES string of the molecule is [3H]C([3H])(C(C)C)N(C)C. The summed E-state index contributed by atoms with van der Waals surface area (Å²) >= 11 is 0. The van der Waals surface area contributed by atoms with E-state index in [1.807, 2.05) is 13.8 Å². The van der Waals surface area contributed by atoms with Gasteiger partial charge in [-0.25, -0.2) is 0 Å².